The number of halogens is 1. The van der Waals surface area contributed by atoms with Gasteiger partial charge in [0, 0.05) is 21.5 Å². The number of ether oxygens (including phenoxy) is 1. The molecule has 1 amide bonds. The molecule has 0 radical (unpaired) electrons. The number of nitrogens with one attached hydrogen (secondary N) is 2. The lowest BCUT2D eigenvalue weighted by molar-refractivity contribution is 0.0939. The van der Waals surface area contributed by atoms with Crippen LogP contribution in [0.2, 0.25) is 5.02 Å². The number of carbonyl (C=O) groups is 2. The lowest BCUT2D eigenvalue weighted by Gasteiger charge is -2.27. The summed E-state index contributed by atoms with van der Waals surface area (Å²) in [5.74, 6) is 0.466. The molecule has 1 aliphatic heterocycles. The number of aromatic nitrogens is 1. The number of hydrogen-bond donors (Lipinski definition) is 2. The first-order chi connectivity index (χ1) is 15.9. The first-order valence-corrected chi connectivity index (χ1v) is 11.5. The van der Waals surface area contributed by atoms with Crippen molar-refractivity contribution in [2.24, 2.45) is 0 Å². The summed E-state index contributed by atoms with van der Waals surface area (Å²) in [5, 5.41) is 7.86. The summed E-state index contributed by atoms with van der Waals surface area (Å²) in [6, 6.07) is 14.9. The number of anilines is 1. The SMILES string of the molecule is COc1ccc([C@@H]2NC(=O)c3sc4nc(C)c(C(C)=O)c(-c5ccc(Cl)cc5)c4c3N2)cc1. The van der Waals surface area contributed by atoms with Gasteiger partial charge in [-0.05, 0) is 49.2 Å². The molecule has 166 valence electrons. The Labute approximate surface area is 199 Å². The number of thiophene rings is 1. The molecule has 0 aliphatic carbocycles. The highest BCUT2D eigenvalue weighted by molar-refractivity contribution is 7.21. The fourth-order valence-corrected chi connectivity index (χ4v) is 5.44. The van der Waals surface area contributed by atoms with Gasteiger partial charge in [-0.25, -0.2) is 4.98 Å². The molecule has 2 aromatic heterocycles. The zero-order valence-electron chi connectivity index (χ0n) is 18.2. The Morgan fingerprint density at radius 1 is 1.09 bits per heavy atom. The number of carbonyl (C=O) groups excluding carboxylic acids is 2. The minimum absolute atomic E-state index is 0.0845. The zero-order chi connectivity index (χ0) is 23.3. The first-order valence-electron chi connectivity index (χ1n) is 10.3. The van der Waals surface area contributed by atoms with Crippen molar-refractivity contribution in [2.75, 3.05) is 12.4 Å². The van der Waals surface area contributed by atoms with E-state index in [1.807, 2.05) is 43.3 Å². The molecule has 2 aromatic carbocycles. The molecule has 1 atom stereocenters. The number of Topliss-reactive ketones (excluding diaryl/α,β-unsaturated/α-hetero) is 1. The van der Waals surface area contributed by atoms with Gasteiger partial charge < -0.3 is 15.4 Å². The average Bonchev–Trinajstić information content (AvgIpc) is 3.17. The van der Waals surface area contributed by atoms with E-state index in [4.69, 9.17) is 21.3 Å². The molecule has 0 spiro atoms. The van der Waals surface area contributed by atoms with Gasteiger partial charge in [-0.15, -0.1) is 11.3 Å². The monoisotopic (exact) mass is 477 g/mol. The Hall–Kier alpha value is -3.42. The van der Waals surface area contributed by atoms with Crippen molar-refractivity contribution in [2.45, 2.75) is 20.0 Å². The van der Waals surface area contributed by atoms with E-state index in [1.165, 1.54) is 18.3 Å². The molecule has 6 nitrogen and oxygen atoms in total. The lowest BCUT2D eigenvalue weighted by atomic mass is 9.93. The number of benzene rings is 2. The molecule has 4 aromatic rings. The molecule has 3 heterocycles. The van der Waals surface area contributed by atoms with Crippen LogP contribution in [-0.2, 0) is 0 Å². The molecule has 0 unspecified atom stereocenters. The molecule has 0 fully saturated rings. The highest BCUT2D eigenvalue weighted by Gasteiger charge is 2.32. The van der Waals surface area contributed by atoms with Crippen LogP contribution in [0.5, 0.6) is 5.75 Å². The standard InChI is InChI=1S/C25H20ClN3O3S/c1-12-18(13(2)30)19(14-4-8-16(26)9-5-14)20-21-22(33-25(20)27-12)24(31)29-23(28-21)15-6-10-17(32-3)11-7-15/h4-11,23,28H,1-3H3,(H,29,31)/t23-/m0/s1. The third-order valence-corrected chi connectivity index (χ3v) is 7.06. The van der Waals surface area contributed by atoms with Crippen LogP contribution >= 0.6 is 22.9 Å². The molecular formula is C25H20ClN3O3S. The normalized spacial score (nSPS) is 15.0. The van der Waals surface area contributed by atoms with E-state index in [9.17, 15) is 9.59 Å². The lowest BCUT2D eigenvalue weighted by Crippen LogP contribution is -2.37. The van der Waals surface area contributed by atoms with Crippen LogP contribution in [0.25, 0.3) is 21.3 Å². The number of pyridine rings is 1. The minimum atomic E-state index is -0.436. The van der Waals surface area contributed by atoms with Crippen LogP contribution in [0.4, 0.5) is 5.69 Å². The van der Waals surface area contributed by atoms with Gasteiger partial charge in [-0.2, -0.15) is 0 Å². The van der Waals surface area contributed by atoms with Gasteiger partial charge in [0.25, 0.3) is 5.91 Å². The molecule has 33 heavy (non-hydrogen) atoms. The number of nitrogens with zero attached hydrogens (tertiary/aromatic N) is 1. The van der Waals surface area contributed by atoms with Crippen molar-refractivity contribution in [3.05, 3.63) is 75.3 Å². The Morgan fingerprint density at radius 2 is 1.79 bits per heavy atom. The molecule has 1 aliphatic rings. The van der Waals surface area contributed by atoms with Gasteiger partial charge in [0.15, 0.2) is 5.78 Å². The van der Waals surface area contributed by atoms with Crippen LogP contribution in [0.15, 0.2) is 48.5 Å². The Bertz CT molecular complexity index is 1410. The van der Waals surface area contributed by atoms with E-state index in [1.54, 1.807) is 19.2 Å². The van der Waals surface area contributed by atoms with Gasteiger partial charge in [0.05, 0.1) is 18.5 Å². The summed E-state index contributed by atoms with van der Waals surface area (Å²) in [7, 11) is 1.61. The predicted octanol–water partition coefficient (Wildman–Crippen LogP) is 5.99. The average molecular weight is 478 g/mol. The van der Waals surface area contributed by atoms with Crippen LogP contribution in [-0.4, -0.2) is 23.8 Å². The third-order valence-electron chi connectivity index (χ3n) is 5.73. The fourth-order valence-electron chi connectivity index (χ4n) is 4.22. The second-order valence-corrected chi connectivity index (χ2v) is 9.26. The van der Waals surface area contributed by atoms with Gasteiger partial charge in [0.1, 0.15) is 21.6 Å². The second-order valence-electron chi connectivity index (χ2n) is 7.82. The Kier molecular flexibility index (Phi) is 5.31. The number of ketones is 1. The number of methoxy groups -OCH3 is 1. The topological polar surface area (TPSA) is 80.3 Å². The number of amides is 1. The van der Waals surface area contributed by atoms with Crippen LogP contribution in [0, 0.1) is 6.92 Å². The molecule has 0 bridgehead atoms. The molecule has 0 saturated heterocycles. The van der Waals surface area contributed by atoms with Gasteiger partial charge in [-0.1, -0.05) is 35.9 Å². The van der Waals surface area contributed by atoms with Crippen LogP contribution < -0.4 is 15.4 Å². The smallest absolute Gasteiger partial charge is 0.265 e. The maximum absolute atomic E-state index is 13.1. The second kappa shape index (κ2) is 8.17. The molecule has 5 rings (SSSR count). The minimum Gasteiger partial charge on any atom is -0.497 e. The van der Waals surface area contributed by atoms with E-state index in [0.29, 0.717) is 31.7 Å². The maximum Gasteiger partial charge on any atom is 0.265 e. The van der Waals surface area contributed by atoms with Gasteiger partial charge >= 0.3 is 0 Å². The summed E-state index contributed by atoms with van der Waals surface area (Å²) in [6.07, 6.45) is -0.436. The van der Waals surface area contributed by atoms with Gasteiger partial charge in [0.2, 0.25) is 0 Å². The van der Waals surface area contributed by atoms with Crippen molar-refractivity contribution in [1.82, 2.24) is 10.3 Å². The van der Waals surface area contributed by atoms with E-state index in [-0.39, 0.29) is 11.7 Å². The summed E-state index contributed by atoms with van der Waals surface area (Å²) in [4.78, 5) is 31.7. The van der Waals surface area contributed by atoms with Crippen molar-refractivity contribution in [3.8, 4) is 16.9 Å². The number of aryl methyl sites for hydroxylation is 1. The van der Waals surface area contributed by atoms with E-state index in [2.05, 4.69) is 10.6 Å². The highest BCUT2D eigenvalue weighted by atomic mass is 35.5. The number of fused-ring (bicyclic) bond motifs is 3. The largest absolute Gasteiger partial charge is 0.497 e. The Balaban J connectivity index is 1.74. The van der Waals surface area contributed by atoms with E-state index < -0.39 is 6.17 Å². The summed E-state index contributed by atoms with van der Waals surface area (Å²) in [5.41, 5.74) is 4.34. The van der Waals surface area contributed by atoms with Crippen molar-refractivity contribution >= 4 is 50.5 Å². The first kappa shape index (κ1) is 21.4. The molecule has 2 N–H and O–H groups in total. The van der Waals surface area contributed by atoms with Crippen LogP contribution in [0.3, 0.4) is 0 Å². The van der Waals surface area contributed by atoms with Crippen molar-refractivity contribution in [1.29, 1.82) is 0 Å². The van der Waals surface area contributed by atoms with E-state index >= 15 is 0 Å². The summed E-state index contributed by atoms with van der Waals surface area (Å²) < 4.78 is 5.24. The molecule has 0 saturated carbocycles. The quantitative estimate of drug-likeness (QED) is 0.353. The van der Waals surface area contributed by atoms with Crippen molar-refractivity contribution < 1.29 is 14.3 Å². The van der Waals surface area contributed by atoms with E-state index in [0.717, 1.165) is 27.8 Å². The fraction of sp³-hybridized carbons (Fsp3) is 0.160. The van der Waals surface area contributed by atoms with Gasteiger partial charge in [-0.3, -0.25) is 9.59 Å². The third kappa shape index (κ3) is 3.63. The molecular weight excluding hydrogens is 458 g/mol. The Morgan fingerprint density at radius 3 is 2.42 bits per heavy atom. The summed E-state index contributed by atoms with van der Waals surface area (Å²) >= 11 is 7.44. The predicted molar refractivity (Wildman–Crippen MR) is 132 cm³/mol. The highest BCUT2D eigenvalue weighted by Crippen LogP contribution is 2.46. The maximum atomic E-state index is 13.1. The van der Waals surface area contributed by atoms with Crippen LogP contribution in [0.1, 0.15) is 44.4 Å². The number of rotatable bonds is 4. The molecule has 8 heteroatoms. The van der Waals surface area contributed by atoms with Crippen molar-refractivity contribution in [3.63, 3.8) is 0 Å². The number of hydrogen-bond acceptors (Lipinski definition) is 6. The zero-order valence-corrected chi connectivity index (χ0v) is 19.7. The summed E-state index contributed by atoms with van der Waals surface area (Å²) in [6.45, 7) is 3.36.